The molecule has 4 aromatic carbocycles. The van der Waals surface area contributed by atoms with Crippen molar-refractivity contribution in [3.63, 3.8) is 0 Å². The fraction of sp³-hybridized carbons (Fsp3) is 0. The number of hydrogen-bond donors (Lipinski definition) is 0. The Labute approximate surface area is 141 Å². The Balaban J connectivity index is 1.81. The largest absolute Gasteiger partial charge is 0.192 e. The zero-order valence-corrected chi connectivity index (χ0v) is 13.1. The summed E-state index contributed by atoms with van der Waals surface area (Å²) >= 11 is 0. The van der Waals surface area contributed by atoms with Crippen LogP contribution in [0.3, 0.4) is 0 Å². The molecule has 0 radical (unpaired) electrons. The second-order valence-corrected chi connectivity index (χ2v) is 5.76. The molecule has 0 aromatic heterocycles. The van der Waals surface area contributed by atoms with Crippen LogP contribution in [0.2, 0.25) is 0 Å². The van der Waals surface area contributed by atoms with Crippen LogP contribution < -0.4 is 0 Å². The monoisotopic (exact) mass is 305 g/mol. The van der Waals surface area contributed by atoms with Crippen LogP contribution in [0.4, 0.5) is 0 Å². The summed E-state index contributed by atoms with van der Waals surface area (Å²) < 4.78 is 0. The van der Waals surface area contributed by atoms with Gasteiger partial charge in [0.05, 0.1) is 11.6 Å². The zero-order valence-electron chi connectivity index (χ0n) is 13.1. The highest BCUT2D eigenvalue weighted by molar-refractivity contribution is 5.96. The summed E-state index contributed by atoms with van der Waals surface area (Å²) in [6.45, 7) is 0. The van der Waals surface area contributed by atoms with Gasteiger partial charge in [-0.2, -0.15) is 5.26 Å². The lowest BCUT2D eigenvalue weighted by molar-refractivity contribution is 1.48. The third-order valence-corrected chi connectivity index (χ3v) is 4.34. The Morgan fingerprint density at radius 1 is 0.542 bits per heavy atom. The van der Waals surface area contributed by atoms with E-state index in [2.05, 4.69) is 72.8 Å². The van der Waals surface area contributed by atoms with Gasteiger partial charge in [-0.1, -0.05) is 84.9 Å². The molecule has 0 aliphatic rings. The van der Waals surface area contributed by atoms with E-state index in [1.54, 1.807) is 0 Å². The molecule has 112 valence electrons. The molecule has 0 spiro atoms. The van der Waals surface area contributed by atoms with Crippen LogP contribution in [0, 0.1) is 11.3 Å². The first-order chi connectivity index (χ1) is 11.9. The van der Waals surface area contributed by atoms with Crippen LogP contribution >= 0.6 is 0 Å². The van der Waals surface area contributed by atoms with Gasteiger partial charge in [0.25, 0.3) is 0 Å². The van der Waals surface area contributed by atoms with E-state index < -0.39 is 0 Å². The summed E-state index contributed by atoms with van der Waals surface area (Å²) in [5, 5.41) is 11.8. The van der Waals surface area contributed by atoms with Gasteiger partial charge in [-0.15, -0.1) is 0 Å². The minimum Gasteiger partial charge on any atom is -0.192 e. The van der Waals surface area contributed by atoms with Crippen molar-refractivity contribution in [1.82, 2.24) is 0 Å². The topological polar surface area (TPSA) is 23.8 Å². The van der Waals surface area contributed by atoms with Gasteiger partial charge < -0.3 is 0 Å². The molecule has 0 aliphatic carbocycles. The van der Waals surface area contributed by atoms with Crippen LogP contribution in [0.5, 0.6) is 0 Å². The predicted molar refractivity (Wildman–Crippen MR) is 99.5 cm³/mol. The van der Waals surface area contributed by atoms with Crippen molar-refractivity contribution in [2.45, 2.75) is 0 Å². The molecule has 0 heterocycles. The maximum atomic E-state index is 9.28. The van der Waals surface area contributed by atoms with Gasteiger partial charge in [-0.25, -0.2) is 0 Å². The van der Waals surface area contributed by atoms with Crippen LogP contribution in [-0.4, -0.2) is 0 Å². The highest BCUT2D eigenvalue weighted by Gasteiger charge is 2.06. The molecule has 0 fully saturated rings. The number of hydrogen-bond acceptors (Lipinski definition) is 1. The Morgan fingerprint density at radius 2 is 1.12 bits per heavy atom. The van der Waals surface area contributed by atoms with Gasteiger partial charge >= 0.3 is 0 Å². The first-order valence-corrected chi connectivity index (χ1v) is 7.94. The predicted octanol–water partition coefficient (Wildman–Crippen LogP) is 6.05. The zero-order chi connectivity index (χ0) is 16.4. The summed E-state index contributed by atoms with van der Waals surface area (Å²) in [6.07, 6.45) is 0. The van der Waals surface area contributed by atoms with Gasteiger partial charge in [0.2, 0.25) is 0 Å². The average molecular weight is 305 g/mol. The van der Waals surface area contributed by atoms with Gasteiger partial charge in [0, 0.05) is 0 Å². The van der Waals surface area contributed by atoms with Gasteiger partial charge in [-0.3, -0.25) is 0 Å². The van der Waals surface area contributed by atoms with Gasteiger partial charge in [0.1, 0.15) is 0 Å². The van der Waals surface area contributed by atoms with Crippen molar-refractivity contribution >= 4 is 10.8 Å². The van der Waals surface area contributed by atoms with E-state index in [0.29, 0.717) is 5.56 Å². The van der Waals surface area contributed by atoms with E-state index in [-0.39, 0.29) is 0 Å². The maximum absolute atomic E-state index is 9.28. The van der Waals surface area contributed by atoms with E-state index in [0.717, 1.165) is 11.1 Å². The van der Waals surface area contributed by atoms with Crippen molar-refractivity contribution in [2.24, 2.45) is 0 Å². The number of fused-ring (bicyclic) bond motifs is 1. The number of nitrogens with zero attached hydrogens (tertiary/aromatic N) is 1. The lowest BCUT2D eigenvalue weighted by Crippen LogP contribution is -1.85. The summed E-state index contributed by atoms with van der Waals surface area (Å²) in [4.78, 5) is 0. The summed E-state index contributed by atoms with van der Waals surface area (Å²) in [5.41, 5.74) is 5.16. The molecule has 0 amide bonds. The Bertz CT molecular complexity index is 1050. The third kappa shape index (κ3) is 2.45. The second-order valence-electron chi connectivity index (χ2n) is 5.76. The third-order valence-electron chi connectivity index (χ3n) is 4.34. The molecule has 24 heavy (non-hydrogen) atoms. The first-order valence-electron chi connectivity index (χ1n) is 7.94. The number of rotatable bonds is 2. The van der Waals surface area contributed by atoms with Crippen molar-refractivity contribution in [2.75, 3.05) is 0 Å². The summed E-state index contributed by atoms with van der Waals surface area (Å²) in [7, 11) is 0. The average Bonchev–Trinajstić information content (AvgIpc) is 2.67. The van der Waals surface area contributed by atoms with Crippen LogP contribution in [-0.2, 0) is 0 Å². The second kappa shape index (κ2) is 6.02. The molecule has 0 saturated carbocycles. The molecule has 4 rings (SSSR count). The maximum Gasteiger partial charge on any atom is 0.0998 e. The SMILES string of the molecule is N#Cc1ccccc1-c1ccc(-c2cccc3ccccc23)cc1. The fourth-order valence-electron chi connectivity index (χ4n) is 3.14. The lowest BCUT2D eigenvalue weighted by atomic mass is 9.95. The molecule has 4 aromatic rings. The molecule has 0 unspecified atom stereocenters. The minimum atomic E-state index is 0.704. The van der Waals surface area contributed by atoms with Gasteiger partial charge in [-0.05, 0) is 39.1 Å². The molecule has 0 atom stereocenters. The van der Waals surface area contributed by atoms with Crippen LogP contribution in [0.25, 0.3) is 33.0 Å². The minimum absolute atomic E-state index is 0.704. The Kier molecular flexibility index (Phi) is 3.57. The highest BCUT2D eigenvalue weighted by atomic mass is 14.2. The lowest BCUT2D eigenvalue weighted by Gasteiger charge is -2.09. The molecule has 1 nitrogen and oxygen atoms in total. The van der Waals surface area contributed by atoms with E-state index in [1.165, 1.54) is 21.9 Å². The fourth-order valence-corrected chi connectivity index (χ4v) is 3.14. The first kappa shape index (κ1) is 14.2. The molecular formula is C23H15N. The van der Waals surface area contributed by atoms with Crippen molar-refractivity contribution < 1.29 is 0 Å². The van der Waals surface area contributed by atoms with Crippen molar-refractivity contribution in [3.05, 3.63) is 96.6 Å². The molecular weight excluding hydrogens is 290 g/mol. The number of nitriles is 1. The summed E-state index contributed by atoms with van der Waals surface area (Å²) in [6, 6.07) is 33.2. The van der Waals surface area contributed by atoms with E-state index in [1.807, 2.05) is 24.3 Å². The van der Waals surface area contributed by atoms with Crippen molar-refractivity contribution in [3.8, 4) is 28.3 Å². The van der Waals surface area contributed by atoms with Gasteiger partial charge in [0.15, 0.2) is 0 Å². The van der Waals surface area contributed by atoms with Crippen molar-refractivity contribution in [1.29, 1.82) is 5.26 Å². The molecule has 1 heteroatoms. The Morgan fingerprint density at radius 3 is 1.92 bits per heavy atom. The van der Waals surface area contributed by atoms with E-state index >= 15 is 0 Å². The van der Waals surface area contributed by atoms with E-state index in [9.17, 15) is 5.26 Å². The van der Waals surface area contributed by atoms with Crippen LogP contribution in [0.15, 0.2) is 91.0 Å². The molecule has 0 N–H and O–H groups in total. The van der Waals surface area contributed by atoms with Crippen LogP contribution in [0.1, 0.15) is 5.56 Å². The molecule has 0 bridgehead atoms. The molecule has 0 saturated heterocycles. The quantitative estimate of drug-likeness (QED) is 0.442. The highest BCUT2D eigenvalue weighted by Crippen LogP contribution is 2.31. The number of benzene rings is 4. The molecule has 0 aliphatic heterocycles. The summed E-state index contributed by atoms with van der Waals surface area (Å²) in [5.74, 6) is 0. The Hall–Kier alpha value is -3.37. The smallest absolute Gasteiger partial charge is 0.0998 e. The van der Waals surface area contributed by atoms with E-state index in [4.69, 9.17) is 0 Å². The standard InChI is InChI=1S/C23H15N/c24-16-20-7-2-3-9-21(20)18-12-14-19(15-13-18)23-11-5-8-17-6-1-4-10-22(17)23/h1-15H. The normalized spacial score (nSPS) is 10.5.